The number of carbonyl (C=O) groups excluding carboxylic acids is 3. The Morgan fingerprint density at radius 3 is 2.50 bits per heavy atom. The number of aromatic nitrogens is 1. The number of halogens is 2. The van der Waals surface area contributed by atoms with Crippen molar-refractivity contribution in [3.63, 3.8) is 0 Å². The van der Waals surface area contributed by atoms with Crippen LogP contribution in [0.3, 0.4) is 0 Å². The number of fused-ring (bicyclic) bond motifs is 1. The van der Waals surface area contributed by atoms with E-state index in [1.54, 1.807) is 51.1 Å². The number of carbonyl (C=O) groups is 3. The molecule has 3 aromatic rings. The lowest BCUT2D eigenvalue weighted by Crippen LogP contribution is -2.43. The Kier molecular flexibility index (Phi) is 8.90. The predicted molar refractivity (Wildman–Crippen MR) is 150 cm³/mol. The molecule has 1 aliphatic heterocycles. The number of alkyl halides is 2. The zero-order chi connectivity index (χ0) is 30.5. The minimum absolute atomic E-state index is 0.249. The third-order valence-electron chi connectivity index (χ3n) is 6.35. The van der Waals surface area contributed by atoms with Gasteiger partial charge in [-0.1, -0.05) is 18.2 Å². The molecule has 1 atom stereocenters. The maximum absolute atomic E-state index is 13.7. The average Bonchev–Trinajstić information content (AvgIpc) is 3.27. The second-order valence-electron chi connectivity index (χ2n) is 10.8. The normalized spacial score (nSPS) is 16.0. The van der Waals surface area contributed by atoms with E-state index in [-0.39, 0.29) is 18.7 Å². The first-order valence-electron chi connectivity index (χ1n) is 13.3. The van der Waals surface area contributed by atoms with Crippen molar-refractivity contribution in [3.8, 4) is 22.9 Å². The van der Waals surface area contributed by atoms with Crippen LogP contribution in [0, 0.1) is 11.3 Å². The highest BCUT2D eigenvalue weighted by Crippen LogP contribution is 2.32. The van der Waals surface area contributed by atoms with Crippen molar-refractivity contribution in [2.24, 2.45) is 0 Å². The summed E-state index contributed by atoms with van der Waals surface area (Å²) in [4.78, 5) is 42.4. The Morgan fingerprint density at radius 2 is 1.81 bits per heavy atom. The Labute approximate surface area is 241 Å². The van der Waals surface area contributed by atoms with Crippen LogP contribution in [-0.2, 0) is 9.53 Å². The van der Waals surface area contributed by atoms with Crippen LogP contribution in [0.25, 0.3) is 22.0 Å². The van der Waals surface area contributed by atoms with Gasteiger partial charge in [0, 0.05) is 18.0 Å². The second kappa shape index (κ2) is 12.4. The summed E-state index contributed by atoms with van der Waals surface area (Å²) in [5.74, 6) is -3.86. The lowest BCUT2D eigenvalue weighted by molar-refractivity contribution is -0.131. The van der Waals surface area contributed by atoms with Gasteiger partial charge in [0.1, 0.15) is 24.0 Å². The number of nitriles is 1. The number of rotatable bonds is 8. The summed E-state index contributed by atoms with van der Waals surface area (Å²) in [6, 6.07) is 14.7. The largest absolute Gasteiger partial charge is 0.492 e. The van der Waals surface area contributed by atoms with Crippen LogP contribution in [0.1, 0.15) is 37.6 Å². The molecule has 0 bridgehead atoms. The molecule has 10 nitrogen and oxygen atoms in total. The van der Waals surface area contributed by atoms with Crippen molar-refractivity contribution < 1.29 is 32.6 Å². The van der Waals surface area contributed by atoms with E-state index in [4.69, 9.17) is 14.7 Å². The van der Waals surface area contributed by atoms with E-state index < -0.39 is 55.0 Å². The molecule has 2 N–H and O–H groups in total. The van der Waals surface area contributed by atoms with Crippen LogP contribution in [0.5, 0.6) is 5.75 Å². The topological polar surface area (TPSA) is 134 Å². The Balaban J connectivity index is 1.39. The van der Waals surface area contributed by atoms with Gasteiger partial charge in [-0.3, -0.25) is 14.6 Å². The molecule has 0 spiro atoms. The van der Waals surface area contributed by atoms with Crippen molar-refractivity contribution >= 4 is 28.8 Å². The summed E-state index contributed by atoms with van der Waals surface area (Å²) in [7, 11) is 0. The summed E-state index contributed by atoms with van der Waals surface area (Å²) in [6.07, 6.45) is 0.227. The van der Waals surface area contributed by atoms with E-state index in [1.165, 1.54) is 12.3 Å². The number of likely N-dealkylation sites (tertiary alicyclic amines) is 1. The van der Waals surface area contributed by atoms with Crippen molar-refractivity contribution in [1.82, 2.24) is 20.5 Å². The van der Waals surface area contributed by atoms with Crippen molar-refractivity contribution in [1.29, 1.82) is 5.26 Å². The van der Waals surface area contributed by atoms with Crippen LogP contribution in [0.4, 0.5) is 13.6 Å². The molecule has 1 unspecified atom stereocenters. The summed E-state index contributed by atoms with van der Waals surface area (Å²) in [5.41, 5.74) is 1.88. The number of ether oxygens (including phenoxy) is 2. The molecule has 1 saturated heterocycles. The number of hydrogen-bond donors (Lipinski definition) is 2. The number of hydrogen-bond acceptors (Lipinski definition) is 7. The van der Waals surface area contributed by atoms with Gasteiger partial charge < -0.3 is 25.0 Å². The molecule has 0 aliphatic carbocycles. The van der Waals surface area contributed by atoms with E-state index in [0.717, 1.165) is 16.0 Å². The fourth-order valence-electron chi connectivity index (χ4n) is 4.45. The van der Waals surface area contributed by atoms with Crippen LogP contribution in [0.2, 0.25) is 0 Å². The van der Waals surface area contributed by atoms with Gasteiger partial charge >= 0.3 is 6.09 Å². The highest BCUT2D eigenvalue weighted by molar-refractivity contribution is 6.07. The number of nitrogens with one attached hydrogen (secondary N) is 2. The Morgan fingerprint density at radius 1 is 1.10 bits per heavy atom. The molecular weight excluding hydrogens is 548 g/mol. The van der Waals surface area contributed by atoms with Gasteiger partial charge in [-0.15, -0.1) is 0 Å². The fraction of sp³-hybridized carbons (Fsp3) is 0.367. The molecule has 1 aliphatic rings. The summed E-state index contributed by atoms with van der Waals surface area (Å²) in [6.45, 7) is 4.49. The molecule has 2 aromatic carbocycles. The number of pyridine rings is 1. The van der Waals surface area contributed by atoms with Crippen molar-refractivity contribution in [2.45, 2.75) is 44.8 Å². The standard InChI is InChI=1S/C30H31F2N5O5/c1-29(2,3)42-28(40)35-12-13-41-22-7-4-19(5-8-22)20-6-9-25-24(14-20)23(10-11-34-25)27(39)36-17-26(38)37-18-30(31,32)15-21(37)16-33/h4-11,14,21H,12-13,15,17-18H2,1-3H3,(H,35,40)(H,36,39). The van der Waals surface area contributed by atoms with E-state index in [1.807, 2.05) is 18.2 Å². The highest BCUT2D eigenvalue weighted by atomic mass is 19.3. The maximum Gasteiger partial charge on any atom is 0.407 e. The van der Waals surface area contributed by atoms with Crippen LogP contribution >= 0.6 is 0 Å². The van der Waals surface area contributed by atoms with Gasteiger partial charge in [-0.05, 0) is 62.2 Å². The lowest BCUT2D eigenvalue weighted by Gasteiger charge is -2.19. The molecule has 0 saturated carbocycles. The van der Waals surface area contributed by atoms with Crippen molar-refractivity contribution in [2.75, 3.05) is 26.2 Å². The zero-order valence-corrected chi connectivity index (χ0v) is 23.4. The molecule has 3 amide bonds. The predicted octanol–water partition coefficient (Wildman–Crippen LogP) is 4.29. The van der Waals surface area contributed by atoms with Crippen LogP contribution in [0.15, 0.2) is 54.7 Å². The smallest absolute Gasteiger partial charge is 0.407 e. The molecule has 2 heterocycles. The van der Waals surface area contributed by atoms with Gasteiger partial charge in [0.15, 0.2) is 0 Å². The SMILES string of the molecule is CC(C)(C)OC(=O)NCCOc1ccc(-c2ccc3nccc(C(=O)NCC(=O)N4CC(F)(F)CC4C#N)c3c2)cc1. The average molecular weight is 580 g/mol. The molecule has 1 aromatic heterocycles. The lowest BCUT2D eigenvalue weighted by atomic mass is 10.0. The molecule has 42 heavy (non-hydrogen) atoms. The van der Waals surface area contributed by atoms with Gasteiger partial charge in [0.05, 0.1) is 36.8 Å². The van der Waals surface area contributed by atoms with Gasteiger partial charge in [0.2, 0.25) is 5.91 Å². The first-order valence-corrected chi connectivity index (χ1v) is 13.3. The summed E-state index contributed by atoms with van der Waals surface area (Å²) >= 11 is 0. The highest BCUT2D eigenvalue weighted by Gasteiger charge is 2.47. The molecule has 0 radical (unpaired) electrons. The second-order valence-corrected chi connectivity index (χ2v) is 10.8. The van der Waals surface area contributed by atoms with Gasteiger partial charge in [0.25, 0.3) is 11.8 Å². The molecule has 4 rings (SSSR count). The number of alkyl carbamates (subject to hydrolysis) is 1. The molecular formula is C30H31F2N5O5. The zero-order valence-electron chi connectivity index (χ0n) is 23.4. The number of benzene rings is 2. The number of amides is 3. The maximum atomic E-state index is 13.7. The minimum Gasteiger partial charge on any atom is -0.492 e. The molecule has 12 heteroatoms. The first-order chi connectivity index (χ1) is 19.8. The molecule has 1 fully saturated rings. The fourth-order valence-corrected chi connectivity index (χ4v) is 4.45. The third-order valence-corrected chi connectivity index (χ3v) is 6.35. The summed E-state index contributed by atoms with van der Waals surface area (Å²) in [5, 5.41) is 14.8. The Hall–Kier alpha value is -4.79. The van der Waals surface area contributed by atoms with Gasteiger partial charge in [-0.25, -0.2) is 13.6 Å². The minimum atomic E-state index is -3.14. The van der Waals surface area contributed by atoms with Crippen LogP contribution in [-0.4, -0.2) is 71.6 Å². The molecule has 220 valence electrons. The van der Waals surface area contributed by atoms with E-state index in [0.29, 0.717) is 16.7 Å². The van der Waals surface area contributed by atoms with Gasteiger partial charge in [-0.2, -0.15) is 5.26 Å². The quantitative estimate of drug-likeness (QED) is 0.380. The van der Waals surface area contributed by atoms with Crippen LogP contribution < -0.4 is 15.4 Å². The van der Waals surface area contributed by atoms with E-state index in [9.17, 15) is 23.2 Å². The van der Waals surface area contributed by atoms with E-state index in [2.05, 4.69) is 15.6 Å². The van der Waals surface area contributed by atoms with E-state index >= 15 is 0 Å². The Bertz CT molecular complexity index is 1520. The first kappa shape index (κ1) is 30.2. The van der Waals surface area contributed by atoms with Crippen molar-refractivity contribution in [3.05, 3.63) is 60.3 Å². The summed E-state index contributed by atoms with van der Waals surface area (Å²) < 4.78 is 38.3. The number of nitrogens with zero attached hydrogens (tertiary/aromatic N) is 3. The monoisotopic (exact) mass is 579 g/mol. The third kappa shape index (κ3) is 7.69.